The third-order valence-corrected chi connectivity index (χ3v) is 13.4. The molecule has 2 saturated heterocycles. The number of carbonyl (C=O) groups excluding carboxylic acids is 2. The first-order valence-corrected chi connectivity index (χ1v) is 20.0. The van der Waals surface area contributed by atoms with Gasteiger partial charge in [0, 0.05) is 23.9 Å². The van der Waals surface area contributed by atoms with Crippen molar-refractivity contribution in [1.29, 1.82) is 0 Å². The number of hydrogen-bond donors (Lipinski definition) is 0. The van der Waals surface area contributed by atoms with E-state index in [0.29, 0.717) is 12.8 Å². The van der Waals surface area contributed by atoms with Gasteiger partial charge in [0.2, 0.25) is 0 Å². The van der Waals surface area contributed by atoms with E-state index in [9.17, 15) is 9.59 Å². The Kier molecular flexibility index (Phi) is 17.1. The molecule has 0 amide bonds. The summed E-state index contributed by atoms with van der Waals surface area (Å²) in [6.07, 6.45) is 19.8. The van der Waals surface area contributed by atoms with Gasteiger partial charge in [-0.1, -0.05) is 94.9 Å². The van der Waals surface area contributed by atoms with Crippen molar-refractivity contribution in [3.63, 3.8) is 0 Å². The zero-order chi connectivity index (χ0) is 34.4. The number of likely N-dealkylation sites (tertiary alicyclic amines) is 2. The van der Waals surface area contributed by atoms with Crippen molar-refractivity contribution in [1.82, 2.24) is 9.80 Å². The Morgan fingerprint density at radius 1 is 0.500 bits per heavy atom. The van der Waals surface area contributed by atoms with Gasteiger partial charge in [-0.15, -0.1) is 0 Å². The maximum Gasteiger partial charge on any atom is 0.306 e. The van der Waals surface area contributed by atoms with E-state index in [1.54, 1.807) is 0 Å². The normalized spacial score (nSPS) is 24.0. The van der Waals surface area contributed by atoms with E-state index in [2.05, 4.69) is 79.0 Å². The molecule has 270 valence electrons. The summed E-state index contributed by atoms with van der Waals surface area (Å²) in [5.74, 6) is -0.0458. The van der Waals surface area contributed by atoms with Gasteiger partial charge in [0.1, 0.15) is 12.2 Å². The first kappa shape index (κ1) is 41.0. The van der Waals surface area contributed by atoms with Crippen molar-refractivity contribution in [2.24, 2.45) is 0 Å². The number of ether oxygens (including phenoxy) is 2. The predicted octanol–water partition coefficient (Wildman–Crippen LogP) is 10.4. The summed E-state index contributed by atoms with van der Waals surface area (Å²) in [5, 5.41) is 0. The minimum Gasteiger partial charge on any atom is -0.460 e. The van der Waals surface area contributed by atoms with E-state index in [-0.39, 0.29) is 46.3 Å². The summed E-state index contributed by atoms with van der Waals surface area (Å²) in [6, 6.07) is 0. The van der Waals surface area contributed by atoms with E-state index >= 15 is 0 Å². The fourth-order valence-electron chi connectivity index (χ4n) is 10.4. The molecule has 0 aromatic carbocycles. The molecule has 0 spiro atoms. The number of rotatable bonds is 21. The second kappa shape index (κ2) is 19.2. The molecule has 2 aliphatic rings. The Morgan fingerprint density at radius 3 is 1.07 bits per heavy atom. The van der Waals surface area contributed by atoms with Gasteiger partial charge in [-0.05, 0) is 103 Å². The minimum atomic E-state index is -0.0631. The second-order valence-corrected chi connectivity index (χ2v) is 14.6. The summed E-state index contributed by atoms with van der Waals surface area (Å²) < 4.78 is 12.5. The maximum absolute atomic E-state index is 13.0. The van der Waals surface area contributed by atoms with Crippen LogP contribution >= 0.6 is 0 Å². The predicted molar refractivity (Wildman–Crippen MR) is 193 cm³/mol. The van der Waals surface area contributed by atoms with Gasteiger partial charge in [-0.25, -0.2) is 0 Å². The van der Waals surface area contributed by atoms with Crippen LogP contribution in [0.2, 0.25) is 0 Å². The Balaban J connectivity index is 1.75. The van der Waals surface area contributed by atoms with Gasteiger partial charge in [-0.2, -0.15) is 0 Å². The SMILES string of the molecule is CCN1C(CC)(CC)CCC(OC(=O)CCCCCCCCC(=O)OC2CCC(CC)(CC)N(CC)C2(CC)CC)C1(CC)CC. The van der Waals surface area contributed by atoms with Crippen LogP contribution in [0, 0.1) is 0 Å². The lowest BCUT2D eigenvalue weighted by Gasteiger charge is -2.60. The fourth-order valence-corrected chi connectivity index (χ4v) is 10.4. The zero-order valence-corrected chi connectivity index (χ0v) is 32.2. The molecule has 2 aliphatic heterocycles. The van der Waals surface area contributed by atoms with Gasteiger partial charge < -0.3 is 9.47 Å². The number of carbonyl (C=O) groups is 2. The van der Waals surface area contributed by atoms with Crippen LogP contribution in [0.1, 0.15) is 198 Å². The molecule has 0 aromatic rings. The highest BCUT2D eigenvalue weighted by Gasteiger charge is 2.55. The van der Waals surface area contributed by atoms with Crippen molar-refractivity contribution < 1.29 is 19.1 Å². The molecule has 0 aromatic heterocycles. The van der Waals surface area contributed by atoms with Crippen LogP contribution in [-0.2, 0) is 19.1 Å². The van der Waals surface area contributed by atoms with Crippen LogP contribution in [0.4, 0.5) is 0 Å². The Bertz CT molecular complexity index is 816. The van der Waals surface area contributed by atoms with Crippen molar-refractivity contribution in [3.05, 3.63) is 0 Å². The van der Waals surface area contributed by atoms with Gasteiger partial charge in [0.05, 0.1) is 11.1 Å². The van der Waals surface area contributed by atoms with Crippen LogP contribution in [-0.4, -0.2) is 69.2 Å². The third kappa shape index (κ3) is 8.52. The quantitative estimate of drug-likeness (QED) is 0.0912. The van der Waals surface area contributed by atoms with Crippen LogP contribution in [0.15, 0.2) is 0 Å². The molecule has 0 aliphatic carbocycles. The van der Waals surface area contributed by atoms with Gasteiger partial charge in [-0.3, -0.25) is 19.4 Å². The standard InChI is InChI=1S/C40H76N2O4/c1-11-37(12-2)31-29-33(39(15-5,16-6)41(37)19-9)45-35(43)27-25-23-21-22-24-26-28-36(44)46-34-30-32-38(13-3,14-4)42(20-10)40(34,17-7)18-8/h33-34H,11-32H2,1-10H3. The largest absolute Gasteiger partial charge is 0.460 e. The van der Waals surface area contributed by atoms with E-state index in [4.69, 9.17) is 9.47 Å². The van der Waals surface area contributed by atoms with E-state index < -0.39 is 0 Å². The van der Waals surface area contributed by atoms with E-state index in [1.807, 2.05) is 0 Å². The minimum absolute atomic E-state index is 0.0137. The molecule has 0 saturated carbocycles. The Labute approximate surface area is 285 Å². The average molecular weight is 649 g/mol. The summed E-state index contributed by atoms with van der Waals surface area (Å²) in [5.41, 5.74) is 0.315. The molecular formula is C40H76N2O4. The first-order valence-electron chi connectivity index (χ1n) is 20.0. The number of esters is 2. The number of nitrogens with zero attached hydrogens (tertiary/aromatic N) is 2. The molecule has 2 heterocycles. The van der Waals surface area contributed by atoms with E-state index in [0.717, 1.165) is 129 Å². The highest BCUT2D eigenvalue weighted by Crippen LogP contribution is 2.48. The molecule has 46 heavy (non-hydrogen) atoms. The van der Waals surface area contributed by atoms with Gasteiger partial charge in [0.25, 0.3) is 0 Å². The number of piperidine rings is 2. The van der Waals surface area contributed by atoms with E-state index in [1.165, 1.54) is 0 Å². The number of hydrogen-bond acceptors (Lipinski definition) is 6. The van der Waals surface area contributed by atoms with Crippen LogP contribution in [0.3, 0.4) is 0 Å². The summed E-state index contributed by atoms with van der Waals surface area (Å²) >= 11 is 0. The molecule has 0 radical (unpaired) electrons. The monoisotopic (exact) mass is 649 g/mol. The molecule has 2 atom stereocenters. The summed E-state index contributed by atoms with van der Waals surface area (Å²) in [4.78, 5) is 31.4. The highest BCUT2D eigenvalue weighted by molar-refractivity contribution is 5.70. The van der Waals surface area contributed by atoms with Crippen molar-refractivity contribution in [3.8, 4) is 0 Å². The number of unbranched alkanes of at least 4 members (excludes halogenated alkanes) is 5. The lowest BCUT2D eigenvalue weighted by atomic mass is 9.69. The fraction of sp³-hybridized carbons (Fsp3) is 0.950. The average Bonchev–Trinajstić information content (AvgIpc) is 3.08. The van der Waals surface area contributed by atoms with Crippen LogP contribution in [0.5, 0.6) is 0 Å². The second-order valence-electron chi connectivity index (χ2n) is 14.6. The highest BCUT2D eigenvalue weighted by atomic mass is 16.5. The molecule has 2 fully saturated rings. The number of likely N-dealkylation sites (N-methyl/N-ethyl adjacent to an activating group) is 2. The van der Waals surface area contributed by atoms with Crippen molar-refractivity contribution in [2.75, 3.05) is 13.1 Å². The Morgan fingerprint density at radius 2 is 0.804 bits per heavy atom. The maximum atomic E-state index is 13.0. The van der Waals surface area contributed by atoms with Gasteiger partial charge >= 0.3 is 11.9 Å². The van der Waals surface area contributed by atoms with Crippen LogP contribution < -0.4 is 0 Å². The molecule has 6 heteroatoms. The Hall–Kier alpha value is -1.14. The smallest absolute Gasteiger partial charge is 0.306 e. The molecule has 0 N–H and O–H groups in total. The summed E-state index contributed by atoms with van der Waals surface area (Å²) in [7, 11) is 0. The van der Waals surface area contributed by atoms with Gasteiger partial charge in [0.15, 0.2) is 0 Å². The molecule has 0 bridgehead atoms. The summed E-state index contributed by atoms with van der Waals surface area (Å²) in [6.45, 7) is 24.9. The van der Waals surface area contributed by atoms with Crippen molar-refractivity contribution >= 4 is 11.9 Å². The molecule has 2 unspecified atom stereocenters. The molecular weight excluding hydrogens is 572 g/mol. The molecule has 2 rings (SSSR count). The first-order chi connectivity index (χ1) is 22.1. The third-order valence-electron chi connectivity index (χ3n) is 13.4. The molecule has 6 nitrogen and oxygen atoms in total. The zero-order valence-electron chi connectivity index (χ0n) is 32.2. The van der Waals surface area contributed by atoms with Crippen LogP contribution in [0.25, 0.3) is 0 Å². The topological polar surface area (TPSA) is 59.1 Å². The lowest BCUT2D eigenvalue weighted by Crippen LogP contribution is -2.69. The van der Waals surface area contributed by atoms with Crippen molar-refractivity contribution in [2.45, 2.75) is 232 Å². The lowest BCUT2D eigenvalue weighted by molar-refractivity contribution is -0.181.